The molecule has 3 nitrogen and oxygen atoms in total. The van der Waals surface area contributed by atoms with Crippen LogP contribution in [0.5, 0.6) is 0 Å². The van der Waals surface area contributed by atoms with E-state index in [-0.39, 0.29) is 6.09 Å². The molecule has 0 spiro atoms. The second kappa shape index (κ2) is 4.39. The van der Waals surface area contributed by atoms with Gasteiger partial charge >= 0.3 is 6.09 Å². The third-order valence-corrected chi connectivity index (χ3v) is 2.42. The molecule has 1 aromatic carbocycles. The minimum Gasteiger partial charge on any atom is -0.449 e. The summed E-state index contributed by atoms with van der Waals surface area (Å²) in [6.45, 7) is 6.31. The van der Waals surface area contributed by atoms with Gasteiger partial charge in [-0.25, -0.2) is 4.79 Å². The molecule has 1 radical (unpaired) electrons. The average Bonchev–Trinajstić information content (AvgIpc) is 2.65. The van der Waals surface area contributed by atoms with E-state index < -0.39 is 0 Å². The Morgan fingerprint density at radius 1 is 1.44 bits per heavy atom. The fourth-order valence-electron chi connectivity index (χ4n) is 1.66. The molecule has 3 heteroatoms. The Hall–Kier alpha value is -1.77. The highest BCUT2D eigenvalue weighted by molar-refractivity contribution is 5.92. The van der Waals surface area contributed by atoms with Gasteiger partial charge in [-0.1, -0.05) is 25.1 Å². The van der Waals surface area contributed by atoms with E-state index in [9.17, 15) is 4.79 Å². The van der Waals surface area contributed by atoms with Crippen molar-refractivity contribution in [3.8, 4) is 0 Å². The molecule has 0 aliphatic rings. The molecule has 0 saturated carbocycles. The van der Waals surface area contributed by atoms with E-state index in [0.29, 0.717) is 6.61 Å². The predicted octanol–water partition coefficient (Wildman–Crippen LogP) is 3.22. The van der Waals surface area contributed by atoms with Gasteiger partial charge in [0, 0.05) is 11.6 Å². The summed E-state index contributed by atoms with van der Waals surface area (Å²) < 4.78 is 6.60. The quantitative estimate of drug-likeness (QED) is 0.771. The Morgan fingerprint density at radius 3 is 2.94 bits per heavy atom. The first-order valence-electron chi connectivity index (χ1n) is 5.33. The largest absolute Gasteiger partial charge is 0.449 e. The Kier molecular flexibility index (Phi) is 2.95. The van der Waals surface area contributed by atoms with E-state index in [0.717, 1.165) is 22.9 Å². The SMILES string of the molecule is [CH2]c1cn(C(=O)OCCC)c2ccccc12. The zero-order valence-electron chi connectivity index (χ0n) is 9.27. The van der Waals surface area contributed by atoms with Crippen LogP contribution in [-0.2, 0) is 4.74 Å². The lowest BCUT2D eigenvalue weighted by molar-refractivity contribution is 0.149. The van der Waals surface area contributed by atoms with Gasteiger partial charge in [0.1, 0.15) is 0 Å². The zero-order chi connectivity index (χ0) is 11.5. The average molecular weight is 216 g/mol. The number of benzene rings is 1. The molecule has 0 aliphatic heterocycles. The number of ether oxygens (including phenoxy) is 1. The number of hydrogen-bond acceptors (Lipinski definition) is 2. The Morgan fingerprint density at radius 2 is 2.19 bits per heavy atom. The van der Waals surface area contributed by atoms with E-state index in [1.54, 1.807) is 6.20 Å². The van der Waals surface area contributed by atoms with Crippen LogP contribution in [0.4, 0.5) is 4.79 Å². The smallest absolute Gasteiger partial charge is 0.418 e. The van der Waals surface area contributed by atoms with Gasteiger partial charge in [0.25, 0.3) is 0 Å². The van der Waals surface area contributed by atoms with E-state index in [1.165, 1.54) is 4.57 Å². The summed E-state index contributed by atoms with van der Waals surface area (Å²) in [5.74, 6) is 0. The van der Waals surface area contributed by atoms with Crippen LogP contribution in [0.25, 0.3) is 10.9 Å². The van der Waals surface area contributed by atoms with Gasteiger partial charge in [-0.05, 0) is 25.0 Å². The van der Waals surface area contributed by atoms with Crippen molar-refractivity contribution in [3.05, 3.63) is 42.9 Å². The van der Waals surface area contributed by atoms with E-state index in [4.69, 9.17) is 4.74 Å². The molecular weight excluding hydrogens is 202 g/mol. The van der Waals surface area contributed by atoms with Crippen LogP contribution in [-0.4, -0.2) is 17.3 Å². The van der Waals surface area contributed by atoms with E-state index in [1.807, 2.05) is 31.2 Å². The minimum absolute atomic E-state index is 0.340. The third kappa shape index (κ3) is 1.81. The molecule has 0 N–H and O–H groups in total. The standard InChI is InChI=1S/C13H14NO2/c1-3-8-16-13(15)14-9-10(2)11-6-4-5-7-12(11)14/h4-7,9H,2-3,8H2,1H3. The van der Waals surface area contributed by atoms with Gasteiger partial charge in [-0.2, -0.15) is 0 Å². The molecule has 0 saturated heterocycles. The number of rotatable bonds is 2. The van der Waals surface area contributed by atoms with Crippen molar-refractivity contribution in [3.63, 3.8) is 0 Å². The van der Waals surface area contributed by atoms with Gasteiger partial charge in [0.15, 0.2) is 0 Å². The molecule has 2 aromatic rings. The van der Waals surface area contributed by atoms with Crippen molar-refractivity contribution < 1.29 is 9.53 Å². The molecule has 1 heterocycles. The first-order valence-corrected chi connectivity index (χ1v) is 5.33. The summed E-state index contributed by atoms with van der Waals surface area (Å²) in [7, 11) is 0. The highest BCUT2D eigenvalue weighted by Gasteiger charge is 2.11. The van der Waals surface area contributed by atoms with Crippen LogP contribution in [0.3, 0.4) is 0 Å². The first-order chi connectivity index (χ1) is 7.74. The summed E-state index contributed by atoms with van der Waals surface area (Å²) in [6, 6.07) is 7.66. The molecule has 0 fully saturated rings. The summed E-state index contributed by atoms with van der Waals surface area (Å²) in [5, 5.41) is 0.982. The van der Waals surface area contributed by atoms with Crippen molar-refractivity contribution in [2.24, 2.45) is 0 Å². The maximum absolute atomic E-state index is 11.7. The van der Waals surface area contributed by atoms with E-state index in [2.05, 4.69) is 6.92 Å². The second-order valence-corrected chi connectivity index (χ2v) is 3.66. The van der Waals surface area contributed by atoms with Gasteiger partial charge in [0.05, 0.1) is 12.1 Å². The summed E-state index contributed by atoms with van der Waals surface area (Å²) in [5.41, 5.74) is 1.68. The second-order valence-electron chi connectivity index (χ2n) is 3.66. The van der Waals surface area contributed by atoms with Crippen LogP contribution in [0.15, 0.2) is 30.5 Å². The maximum atomic E-state index is 11.7. The van der Waals surface area contributed by atoms with E-state index >= 15 is 0 Å². The predicted molar refractivity (Wildman–Crippen MR) is 63.4 cm³/mol. The third-order valence-electron chi connectivity index (χ3n) is 2.42. The zero-order valence-corrected chi connectivity index (χ0v) is 9.27. The molecule has 83 valence electrons. The number of carbonyl (C=O) groups excluding carboxylic acids is 1. The van der Waals surface area contributed by atoms with Gasteiger partial charge in [0.2, 0.25) is 0 Å². The Labute approximate surface area is 94.6 Å². The summed E-state index contributed by atoms with van der Waals surface area (Å²) in [6.07, 6.45) is 2.19. The molecule has 0 aliphatic carbocycles. The number of fused-ring (bicyclic) bond motifs is 1. The number of aromatic nitrogens is 1. The molecule has 0 bridgehead atoms. The fraction of sp³-hybridized carbons (Fsp3) is 0.231. The summed E-state index contributed by atoms with van der Waals surface area (Å²) in [4.78, 5) is 11.7. The molecular formula is C13H14NO2. The van der Waals surface area contributed by atoms with Crippen molar-refractivity contribution >= 4 is 17.0 Å². The van der Waals surface area contributed by atoms with Crippen LogP contribution in [0.1, 0.15) is 18.9 Å². The van der Waals surface area contributed by atoms with Crippen LogP contribution in [0.2, 0.25) is 0 Å². The number of para-hydroxylation sites is 1. The summed E-state index contributed by atoms with van der Waals surface area (Å²) >= 11 is 0. The number of hydrogen-bond donors (Lipinski definition) is 0. The van der Waals surface area contributed by atoms with Gasteiger partial charge in [-0.3, -0.25) is 4.57 Å². The molecule has 1 aromatic heterocycles. The van der Waals surface area contributed by atoms with Crippen LogP contribution in [0, 0.1) is 6.92 Å². The number of carbonyl (C=O) groups is 1. The van der Waals surface area contributed by atoms with Crippen molar-refractivity contribution in [2.45, 2.75) is 13.3 Å². The van der Waals surface area contributed by atoms with Crippen LogP contribution < -0.4 is 0 Å². The molecule has 16 heavy (non-hydrogen) atoms. The Balaban J connectivity index is 2.41. The lowest BCUT2D eigenvalue weighted by Crippen LogP contribution is -2.12. The maximum Gasteiger partial charge on any atom is 0.418 e. The van der Waals surface area contributed by atoms with Crippen LogP contribution >= 0.6 is 0 Å². The van der Waals surface area contributed by atoms with Crippen molar-refractivity contribution in [1.82, 2.24) is 4.57 Å². The molecule has 0 unspecified atom stereocenters. The highest BCUT2D eigenvalue weighted by Crippen LogP contribution is 2.20. The lowest BCUT2D eigenvalue weighted by atomic mass is 10.2. The fourth-order valence-corrected chi connectivity index (χ4v) is 1.66. The molecule has 0 amide bonds. The van der Waals surface area contributed by atoms with Gasteiger partial charge < -0.3 is 4.74 Å². The topological polar surface area (TPSA) is 31.2 Å². The highest BCUT2D eigenvalue weighted by atomic mass is 16.5. The Bertz CT molecular complexity index is 514. The van der Waals surface area contributed by atoms with Gasteiger partial charge in [-0.15, -0.1) is 0 Å². The van der Waals surface area contributed by atoms with Crippen molar-refractivity contribution in [1.29, 1.82) is 0 Å². The van der Waals surface area contributed by atoms with Crippen molar-refractivity contribution in [2.75, 3.05) is 6.61 Å². The minimum atomic E-state index is -0.340. The molecule has 0 atom stereocenters. The lowest BCUT2D eigenvalue weighted by Gasteiger charge is -2.04. The normalized spacial score (nSPS) is 10.6. The molecule has 2 rings (SSSR count). The first kappa shape index (κ1) is 10.7. The number of nitrogens with zero attached hydrogens (tertiary/aromatic N) is 1. The monoisotopic (exact) mass is 216 g/mol.